The van der Waals surface area contributed by atoms with Gasteiger partial charge in [0.15, 0.2) is 0 Å². The van der Waals surface area contributed by atoms with E-state index in [2.05, 4.69) is 4.98 Å². The quantitative estimate of drug-likeness (QED) is 0.883. The van der Waals surface area contributed by atoms with Gasteiger partial charge in [0.05, 0.1) is 12.1 Å². The first-order chi connectivity index (χ1) is 10.4. The maximum absolute atomic E-state index is 12.3. The van der Waals surface area contributed by atoms with Gasteiger partial charge < -0.3 is 14.4 Å². The Hall–Kier alpha value is -2.15. The molecule has 0 atom stereocenters. The number of carbonyl (C=O) groups excluding carboxylic acids is 1. The number of nitrogens with zero attached hydrogens (tertiary/aromatic N) is 2. The number of thiophene rings is 1. The molecule has 2 aromatic heterocycles. The highest BCUT2D eigenvalue weighted by Gasteiger charge is 2.23. The van der Waals surface area contributed by atoms with E-state index in [9.17, 15) is 9.59 Å². The monoisotopic (exact) mass is 322 g/mol. The third-order valence-corrected chi connectivity index (χ3v) is 3.91. The molecule has 0 aliphatic rings. The summed E-state index contributed by atoms with van der Waals surface area (Å²) in [6.45, 7) is 5.01. The van der Waals surface area contributed by atoms with Crippen LogP contribution in [-0.2, 0) is 16.0 Å². The van der Waals surface area contributed by atoms with E-state index in [1.165, 1.54) is 16.2 Å². The van der Waals surface area contributed by atoms with Gasteiger partial charge in [-0.2, -0.15) is 11.3 Å². The summed E-state index contributed by atoms with van der Waals surface area (Å²) in [7, 11) is 0. The predicted octanol–water partition coefficient (Wildman–Crippen LogP) is 2.58. The molecule has 0 fully saturated rings. The molecule has 22 heavy (non-hydrogen) atoms. The zero-order valence-electron chi connectivity index (χ0n) is 12.7. The van der Waals surface area contributed by atoms with Crippen molar-refractivity contribution in [3.63, 3.8) is 0 Å². The largest absolute Gasteiger partial charge is 0.480 e. The molecule has 6 nitrogen and oxygen atoms in total. The minimum Gasteiger partial charge on any atom is -0.480 e. The number of oxazole rings is 1. The van der Waals surface area contributed by atoms with Gasteiger partial charge in [0.1, 0.15) is 12.3 Å². The molecule has 0 aliphatic carbocycles. The summed E-state index contributed by atoms with van der Waals surface area (Å²) in [5.74, 6) is -0.243. The molecule has 118 valence electrons. The zero-order chi connectivity index (χ0) is 16.3. The van der Waals surface area contributed by atoms with Crippen LogP contribution in [0.25, 0.3) is 11.5 Å². The fourth-order valence-corrected chi connectivity index (χ4v) is 2.68. The number of amides is 1. The van der Waals surface area contributed by atoms with Crippen LogP contribution in [0.1, 0.15) is 25.3 Å². The van der Waals surface area contributed by atoms with E-state index in [1.807, 2.05) is 16.8 Å². The molecule has 2 heterocycles. The third kappa shape index (κ3) is 3.73. The van der Waals surface area contributed by atoms with Crippen LogP contribution in [0.3, 0.4) is 0 Å². The number of carboxylic acids is 1. The average molecular weight is 322 g/mol. The Morgan fingerprint density at radius 2 is 2.18 bits per heavy atom. The van der Waals surface area contributed by atoms with Gasteiger partial charge in [0.2, 0.25) is 11.8 Å². The number of hydrogen-bond acceptors (Lipinski definition) is 5. The normalized spacial score (nSPS) is 10.9. The van der Waals surface area contributed by atoms with Crippen LogP contribution in [0.5, 0.6) is 0 Å². The van der Waals surface area contributed by atoms with Crippen LogP contribution >= 0.6 is 11.3 Å². The molecule has 0 spiro atoms. The topological polar surface area (TPSA) is 83.6 Å². The van der Waals surface area contributed by atoms with Crippen molar-refractivity contribution >= 4 is 23.2 Å². The van der Waals surface area contributed by atoms with Crippen molar-refractivity contribution in [1.29, 1.82) is 0 Å². The van der Waals surface area contributed by atoms with Gasteiger partial charge in [-0.25, -0.2) is 4.98 Å². The van der Waals surface area contributed by atoms with Crippen molar-refractivity contribution in [1.82, 2.24) is 9.88 Å². The fourth-order valence-electron chi connectivity index (χ4n) is 2.05. The lowest BCUT2D eigenvalue weighted by molar-refractivity contribution is -0.145. The maximum Gasteiger partial charge on any atom is 0.323 e. The van der Waals surface area contributed by atoms with Gasteiger partial charge in [0, 0.05) is 17.0 Å². The molecule has 2 aromatic rings. The van der Waals surface area contributed by atoms with E-state index in [1.54, 1.807) is 20.8 Å². The lowest BCUT2D eigenvalue weighted by atomic mass is 10.2. The highest BCUT2D eigenvalue weighted by atomic mass is 32.1. The van der Waals surface area contributed by atoms with Crippen LogP contribution < -0.4 is 0 Å². The summed E-state index contributed by atoms with van der Waals surface area (Å²) >= 11 is 1.54. The zero-order valence-corrected chi connectivity index (χ0v) is 13.5. The molecule has 1 amide bonds. The van der Waals surface area contributed by atoms with Gasteiger partial charge in [-0.3, -0.25) is 9.59 Å². The highest BCUT2D eigenvalue weighted by molar-refractivity contribution is 7.08. The molecule has 0 saturated carbocycles. The van der Waals surface area contributed by atoms with Crippen molar-refractivity contribution in [3.05, 3.63) is 28.3 Å². The lowest BCUT2D eigenvalue weighted by Crippen LogP contribution is -2.41. The van der Waals surface area contributed by atoms with Gasteiger partial charge in [-0.05, 0) is 32.2 Å². The van der Waals surface area contributed by atoms with Gasteiger partial charge in [0.25, 0.3) is 0 Å². The Bertz CT molecular complexity index is 661. The number of aryl methyl sites for hydroxylation is 1. The maximum atomic E-state index is 12.3. The number of aliphatic carboxylic acids is 1. The Labute approximate surface area is 132 Å². The molecule has 0 saturated heterocycles. The molecule has 0 radical (unpaired) electrons. The van der Waals surface area contributed by atoms with Crippen LogP contribution in [0.2, 0.25) is 0 Å². The van der Waals surface area contributed by atoms with E-state index in [4.69, 9.17) is 9.52 Å². The van der Waals surface area contributed by atoms with Crippen molar-refractivity contribution in [3.8, 4) is 11.5 Å². The second-order valence-corrected chi connectivity index (χ2v) is 6.00. The number of carboxylic acid groups (broad SMARTS) is 1. The third-order valence-electron chi connectivity index (χ3n) is 3.23. The minimum absolute atomic E-state index is 0.0327. The molecular formula is C15H18N2O4S. The minimum atomic E-state index is -1.03. The van der Waals surface area contributed by atoms with Gasteiger partial charge >= 0.3 is 5.97 Å². The molecule has 0 unspecified atom stereocenters. The fraction of sp³-hybridized carbons (Fsp3) is 0.400. The molecule has 7 heteroatoms. The van der Waals surface area contributed by atoms with Crippen LogP contribution in [-0.4, -0.2) is 39.5 Å². The summed E-state index contributed by atoms with van der Waals surface area (Å²) in [4.78, 5) is 28.9. The Kier molecular flexibility index (Phi) is 4.97. The first kappa shape index (κ1) is 16.2. The SMILES string of the molecule is Cc1oc(-c2ccsc2)nc1CC(=O)N(CC(=O)O)C(C)C. The van der Waals surface area contributed by atoms with Crippen molar-refractivity contribution in [2.24, 2.45) is 0 Å². The number of hydrogen-bond donors (Lipinski definition) is 1. The highest BCUT2D eigenvalue weighted by Crippen LogP contribution is 2.24. The standard InChI is InChI=1S/C15H18N2O4S/c1-9(2)17(7-14(19)20)13(18)6-12-10(3)21-15(16-12)11-4-5-22-8-11/h4-5,8-9H,6-7H2,1-3H3,(H,19,20). The summed E-state index contributed by atoms with van der Waals surface area (Å²) < 4.78 is 5.59. The predicted molar refractivity (Wildman–Crippen MR) is 82.7 cm³/mol. The summed E-state index contributed by atoms with van der Waals surface area (Å²) in [5, 5.41) is 12.7. The van der Waals surface area contributed by atoms with Crippen molar-refractivity contribution in [2.45, 2.75) is 33.2 Å². The second-order valence-electron chi connectivity index (χ2n) is 5.22. The van der Waals surface area contributed by atoms with E-state index >= 15 is 0 Å². The summed E-state index contributed by atoms with van der Waals surface area (Å²) in [5.41, 5.74) is 1.42. The number of aromatic nitrogens is 1. The van der Waals surface area contributed by atoms with Crippen molar-refractivity contribution < 1.29 is 19.1 Å². The first-order valence-corrected chi connectivity index (χ1v) is 7.83. The lowest BCUT2D eigenvalue weighted by Gasteiger charge is -2.24. The van der Waals surface area contributed by atoms with E-state index in [-0.39, 0.29) is 24.9 Å². The number of carbonyl (C=O) groups is 2. The van der Waals surface area contributed by atoms with E-state index < -0.39 is 5.97 Å². The van der Waals surface area contributed by atoms with E-state index in [0.29, 0.717) is 17.3 Å². The molecular weight excluding hydrogens is 304 g/mol. The number of rotatable bonds is 6. The van der Waals surface area contributed by atoms with Crippen LogP contribution in [0.4, 0.5) is 0 Å². The molecule has 0 aromatic carbocycles. The molecule has 0 bridgehead atoms. The van der Waals surface area contributed by atoms with Gasteiger partial charge in [-0.15, -0.1) is 0 Å². The van der Waals surface area contributed by atoms with Crippen molar-refractivity contribution in [2.75, 3.05) is 6.54 Å². The Balaban J connectivity index is 2.15. The molecule has 0 aliphatic heterocycles. The molecule has 2 rings (SSSR count). The first-order valence-electron chi connectivity index (χ1n) is 6.88. The summed E-state index contributed by atoms with van der Waals surface area (Å²) in [6.07, 6.45) is 0.0327. The second kappa shape index (κ2) is 6.74. The Morgan fingerprint density at radius 1 is 1.45 bits per heavy atom. The van der Waals surface area contributed by atoms with E-state index in [0.717, 1.165) is 5.56 Å². The average Bonchev–Trinajstić information content (AvgIpc) is 3.06. The smallest absolute Gasteiger partial charge is 0.323 e. The Morgan fingerprint density at radius 3 is 2.73 bits per heavy atom. The summed E-state index contributed by atoms with van der Waals surface area (Å²) in [6, 6.07) is 1.71. The molecule has 1 N–H and O–H groups in total. The van der Waals surface area contributed by atoms with Gasteiger partial charge in [-0.1, -0.05) is 0 Å². The van der Waals surface area contributed by atoms with Crippen LogP contribution in [0.15, 0.2) is 21.2 Å². The van der Waals surface area contributed by atoms with Crippen LogP contribution in [0, 0.1) is 6.92 Å².